The van der Waals surface area contributed by atoms with Crippen molar-refractivity contribution in [2.24, 2.45) is 0 Å². The van der Waals surface area contributed by atoms with Crippen molar-refractivity contribution >= 4 is 11.4 Å². The minimum atomic E-state index is 0.655. The molecular formula is C19H25N. The van der Waals surface area contributed by atoms with Crippen LogP contribution in [0.2, 0.25) is 0 Å². The van der Waals surface area contributed by atoms with Gasteiger partial charge in [0.2, 0.25) is 0 Å². The summed E-state index contributed by atoms with van der Waals surface area (Å²) < 4.78 is 0. The zero-order chi connectivity index (χ0) is 14.2. The molecule has 0 fully saturated rings. The first-order valence-corrected chi connectivity index (χ1v) is 7.76. The van der Waals surface area contributed by atoms with Crippen LogP contribution in [0.3, 0.4) is 0 Å². The van der Waals surface area contributed by atoms with Crippen LogP contribution in [0.4, 0.5) is 11.4 Å². The molecule has 0 heterocycles. The first-order chi connectivity index (χ1) is 9.85. The molecule has 2 aromatic rings. The number of nitrogens with one attached hydrogen (secondary N) is 1. The molecule has 20 heavy (non-hydrogen) atoms. The molecule has 1 nitrogen and oxygen atoms in total. The first kappa shape index (κ1) is 14.6. The van der Waals surface area contributed by atoms with Crippen LogP contribution in [0, 0.1) is 0 Å². The topological polar surface area (TPSA) is 12.0 Å². The van der Waals surface area contributed by atoms with E-state index in [2.05, 4.69) is 67.7 Å². The van der Waals surface area contributed by atoms with Gasteiger partial charge in [0.05, 0.1) is 0 Å². The molecule has 1 heteroatoms. The SMILES string of the molecule is CCCCC(CC)c1ccccc1Nc1ccccc1. The van der Waals surface area contributed by atoms with E-state index in [9.17, 15) is 0 Å². The largest absolute Gasteiger partial charge is 0.355 e. The van der Waals surface area contributed by atoms with E-state index in [4.69, 9.17) is 0 Å². The van der Waals surface area contributed by atoms with E-state index in [0.29, 0.717) is 5.92 Å². The molecule has 0 radical (unpaired) electrons. The number of para-hydroxylation sites is 2. The number of hydrogen-bond donors (Lipinski definition) is 1. The van der Waals surface area contributed by atoms with E-state index in [1.165, 1.54) is 36.9 Å². The van der Waals surface area contributed by atoms with Gasteiger partial charge in [-0.05, 0) is 42.5 Å². The molecule has 1 N–H and O–H groups in total. The summed E-state index contributed by atoms with van der Waals surface area (Å²) in [5.41, 5.74) is 3.86. The molecule has 106 valence electrons. The van der Waals surface area contributed by atoms with E-state index >= 15 is 0 Å². The first-order valence-electron chi connectivity index (χ1n) is 7.76. The van der Waals surface area contributed by atoms with Crippen molar-refractivity contribution in [2.75, 3.05) is 5.32 Å². The van der Waals surface area contributed by atoms with Crippen LogP contribution in [-0.2, 0) is 0 Å². The monoisotopic (exact) mass is 267 g/mol. The van der Waals surface area contributed by atoms with Crippen LogP contribution in [0.5, 0.6) is 0 Å². The lowest BCUT2D eigenvalue weighted by molar-refractivity contribution is 0.571. The van der Waals surface area contributed by atoms with Crippen molar-refractivity contribution in [3.05, 3.63) is 60.2 Å². The normalized spacial score (nSPS) is 12.1. The summed E-state index contributed by atoms with van der Waals surface area (Å²) in [5, 5.41) is 3.56. The molecule has 0 amide bonds. The van der Waals surface area contributed by atoms with E-state index in [1.54, 1.807) is 0 Å². The van der Waals surface area contributed by atoms with Crippen LogP contribution >= 0.6 is 0 Å². The second-order valence-electron chi connectivity index (χ2n) is 5.33. The third-order valence-corrected chi connectivity index (χ3v) is 3.85. The molecule has 0 aliphatic rings. The highest BCUT2D eigenvalue weighted by Gasteiger charge is 2.12. The van der Waals surface area contributed by atoms with E-state index in [-0.39, 0.29) is 0 Å². The molecule has 2 rings (SSSR count). The van der Waals surface area contributed by atoms with E-state index in [0.717, 1.165) is 5.69 Å². The second-order valence-corrected chi connectivity index (χ2v) is 5.33. The maximum absolute atomic E-state index is 3.56. The average molecular weight is 267 g/mol. The smallest absolute Gasteiger partial charge is 0.0419 e. The van der Waals surface area contributed by atoms with Crippen LogP contribution in [0.25, 0.3) is 0 Å². The van der Waals surface area contributed by atoms with Crippen molar-refractivity contribution < 1.29 is 0 Å². The van der Waals surface area contributed by atoms with Crippen molar-refractivity contribution in [1.29, 1.82) is 0 Å². The van der Waals surface area contributed by atoms with Gasteiger partial charge in [0.25, 0.3) is 0 Å². The van der Waals surface area contributed by atoms with Gasteiger partial charge in [0.15, 0.2) is 0 Å². The number of rotatable bonds is 7. The molecule has 0 aromatic heterocycles. The molecule has 0 saturated carbocycles. The van der Waals surface area contributed by atoms with Gasteiger partial charge in [-0.1, -0.05) is 63.1 Å². The maximum Gasteiger partial charge on any atom is 0.0419 e. The Hall–Kier alpha value is -1.76. The van der Waals surface area contributed by atoms with Crippen molar-refractivity contribution in [2.45, 2.75) is 45.4 Å². The Morgan fingerprint density at radius 1 is 0.900 bits per heavy atom. The summed E-state index contributed by atoms with van der Waals surface area (Å²) in [6.07, 6.45) is 5.05. The fourth-order valence-corrected chi connectivity index (χ4v) is 2.67. The van der Waals surface area contributed by atoms with Crippen LogP contribution < -0.4 is 5.32 Å². The molecule has 0 aliphatic carbocycles. The average Bonchev–Trinajstić information content (AvgIpc) is 2.50. The lowest BCUT2D eigenvalue weighted by Crippen LogP contribution is -2.02. The van der Waals surface area contributed by atoms with E-state index in [1.807, 2.05) is 6.07 Å². The summed E-state index contributed by atoms with van der Waals surface area (Å²) in [5.74, 6) is 0.655. The quantitative estimate of drug-likeness (QED) is 0.637. The second kappa shape index (κ2) is 7.74. The van der Waals surface area contributed by atoms with E-state index < -0.39 is 0 Å². The van der Waals surface area contributed by atoms with Crippen molar-refractivity contribution in [3.8, 4) is 0 Å². The van der Waals surface area contributed by atoms with Gasteiger partial charge in [-0.25, -0.2) is 0 Å². The number of unbranched alkanes of at least 4 members (excludes halogenated alkanes) is 1. The van der Waals surface area contributed by atoms with Gasteiger partial charge in [-0.2, -0.15) is 0 Å². The summed E-state index contributed by atoms with van der Waals surface area (Å²) >= 11 is 0. The summed E-state index contributed by atoms with van der Waals surface area (Å²) in [7, 11) is 0. The fraction of sp³-hybridized carbons (Fsp3) is 0.368. The van der Waals surface area contributed by atoms with Crippen LogP contribution in [0.15, 0.2) is 54.6 Å². The Morgan fingerprint density at radius 3 is 2.30 bits per heavy atom. The molecule has 2 aromatic carbocycles. The Labute approximate surface area is 123 Å². The summed E-state index contributed by atoms with van der Waals surface area (Å²) in [6.45, 7) is 4.56. The fourth-order valence-electron chi connectivity index (χ4n) is 2.67. The minimum Gasteiger partial charge on any atom is -0.355 e. The van der Waals surface area contributed by atoms with Crippen LogP contribution in [0.1, 0.15) is 51.0 Å². The molecule has 0 aliphatic heterocycles. The van der Waals surface area contributed by atoms with Crippen molar-refractivity contribution in [3.63, 3.8) is 0 Å². The predicted molar refractivity (Wildman–Crippen MR) is 88.7 cm³/mol. The Kier molecular flexibility index (Phi) is 5.67. The predicted octanol–water partition coefficient (Wildman–Crippen LogP) is 6.11. The Balaban J connectivity index is 2.20. The highest BCUT2D eigenvalue weighted by Crippen LogP contribution is 2.32. The Bertz CT molecular complexity index is 504. The number of hydrogen-bond acceptors (Lipinski definition) is 1. The van der Waals surface area contributed by atoms with Gasteiger partial charge in [0.1, 0.15) is 0 Å². The number of benzene rings is 2. The maximum atomic E-state index is 3.56. The minimum absolute atomic E-state index is 0.655. The third kappa shape index (κ3) is 3.86. The van der Waals surface area contributed by atoms with Gasteiger partial charge in [-0.15, -0.1) is 0 Å². The summed E-state index contributed by atoms with van der Waals surface area (Å²) in [4.78, 5) is 0. The highest BCUT2D eigenvalue weighted by molar-refractivity contribution is 5.63. The zero-order valence-electron chi connectivity index (χ0n) is 12.6. The number of anilines is 2. The third-order valence-electron chi connectivity index (χ3n) is 3.85. The lowest BCUT2D eigenvalue weighted by atomic mass is 9.90. The molecule has 0 spiro atoms. The Morgan fingerprint density at radius 2 is 1.60 bits per heavy atom. The van der Waals surface area contributed by atoms with Gasteiger partial charge >= 0.3 is 0 Å². The highest BCUT2D eigenvalue weighted by atomic mass is 14.9. The molecular weight excluding hydrogens is 242 g/mol. The summed E-state index contributed by atoms with van der Waals surface area (Å²) in [6, 6.07) is 19.1. The van der Waals surface area contributed by atoms with Gasteiger partial charge in [0, 0.05) is 11.4 Å². The molecule has 1 unspecified atom stereocenters. The standard InChI is InChI=1S/C19H25N/c1-3-5-11-16(4-2)18-14-9-10-15-19(18)20-17-12-7-6-8-13-17/h6-10,12-16,20H,3-5,11H2,1-2H3. The molecule has 1 atom stereocenters. The lowest BCUT2D eigenvalue weighted by Gasteiger charge is -2.20. The van der Waals surface area contributed by atoms with Gasteiger partial charge < -0.3 is 5.32 Å². The van der Waals surface area contributed by atoms with Gasteiger partial charge in [-0.3, -0.25) is 0 Å². The van der Waals surface area contributed by atoms with Crippen LogP contribution in [-0.4, -0.2) is 0 Å². The zero-order valence-corrected chi connectivity index (χ0v) is 12.6. The molecule has 0 saturated heterocycles. The molecule has 0 bridgehead atoms. The van der Waals surface area contributed by atoms with Crippen molar-refractivity contribution in [1.82, 2.24) is 0 Å².